The minimum atomic E-state index is -0.783. The van der Waals surface area contributed by atoms with Gasteiger partial charge in [-0.15, -0.1) is 0 Å². The fourth-order valence-electron chi connectivity index (χ4n) is 3.61. The number of hydrogen-bond acceptors (Lipinski definition) is 6. The lowest BCUT2D eigenvalue weighted by Gasteiger charge is -2.29. The van der Waals surface area contributed by atoms with Crippen LogP contribution in [0, 0.1) is 21.8 Å². The lowest BCUT2D eigenvalue weighted by atomic mass is 10.0. The van der Waals surface area contributed by atoms with Crippen molar-refractivity contribution in [3.63, 3.8) is 0 Å². The molecule has 1 fully saturated rings. The standard InChI is InChI=1S/C24H24IN3O3S2/c1-15-20(11-6-17(14-26)21(15)25)28-22(30)24(3,4)27(23(28)32)12-5-13-31-18-7-9-19(10-8-18)33-16(2)29/h6-11H,5,12-13H2,1-4H3. The van der Waals surface area contributed by atoms with Gasteiger partial charge in [0, 0.05) is 21.9 Å². The molecule has 3 rings (SSSR count). The zero-order valence-corrected chi connectivity index (χ0v) is 22.6. The van der Waals surface area contributed by atoms with Gasteiger partial charge in [-0.3, -0.25) is 14.5 Å². The van der Waals surface area contributed by atoms with Gasteiger partial charge in [-0.1, -0.05) is 11.8 Å². The van der Waals surface area contributed by atoms with Crippen molar-refractivity contribution in [1.82, 2.24) is 4.90 Å². The van der Waals surface area contributed by atoms with Gasteiger partial charge >= 0.3 is 0 Å². The molecule has 33 heavy (non-hydrogen) atoms. The molecule has 2 aromatic rings. The first-order valence-corrected chi connectivity index (χ1v) is 12.6. The largest absolute Gasteiger partial charge is 0.494 e. The van der Waals surface area contributed by atoms with Crippen LogP contribution in [-0.4, -0.2) is 39.7 Å². The van der Waals surface area contributed by atoms with Gasteiger partial charge in [-0.25, -0.2) is 0 Å². The number of nitrogens with zero attached hydrogens (tertiary/aromatic N) is 3. The number of carbonyl (C=O) groups excluding carboxylic acids is 2. The Morgan fingerprint density at radius 2 is 1.91 bits per heavy atom. The monoisotopic (exact) mass is 593 g/mol. The molecule has 1 aliphatic rings. The Morgan fingerprint density at radius 3 is 2.52 bits per heavy atom. The molecule has 1 saturated heterocycles. The highest BCUT2D eigenvalue weighted by molar-refractivity contribution is 14.1. The molecule has 1 amide bonds. The van der Waals surface area contributed by atoms with Gasteiger partial charge < -0.3 is 9.64 Å². The Kier molecular flexibility index (Phi) is 8.03. The fraction of sp³-hybridized carbons (Fsp3) is 0.333. The average molecular weight is 594 g/mol. The molecule has 0 saturated carbocycles. The predicted octanol–water partition coefficient (Wildman–Crippen LogP) is 5.29. The van der Waals surface area contributed by atoms with E-state index in [2.05, 4.69) is 28.7 Å². The van der Waals surface area contributed by atoms with Crippen molar-refractivity contribution >= 4 is 68.4 Å². The Hall–Kier alpha value is -2.16. The lowest BCUT2D eigenvalue weighted by Crippen LogP contribution is -2.44. The Morgan fingerprint density at radius 1 is 1.24 bits per heavy atom. The molecule has 1 heterocycles. The summed E-state index contributed by atoms with van der Waals surface area (Å²) in [7, 11) is 0. The Labute approximate surface area is 217 Å². The first-order valence-electron chi connectivity index (χ1n) is 10.3. The third kappa shape index (κ3) is 5.34. The molecule has 0 aliphatic carbocycles. The summed E-state index contributed by atoms with van der Waals surface area (Å²) >= 11 is 9.04. The van der Waals surface area contributed by atoms with Crippen LogP contribution in [0.25, 0.3) is 0 Å². The second-order valence-corrected chi connectivity index (χ2v) is 10.8. The van der Waals surface area contributed by atoms with Gasteiger partial charge in [0.1, 0.15) is 17.4 Å². The molecule has 0 N–H and O–H groups in total. The molecule has 172 valence electrons. The van der Waals surface area contributed by atoms with Crippen LogP contribution in [-0.2, 0) is 9.59 Å². The zero-order chi connectivity index (χ0) is 24.3. The molecular weight excluding hydrogens is 569 g/mol. The zero-order valence-electron chi connectivity index (χ0n) is 18.8. The topological polar surface area (TPSA) is 73.6 Å². The number of hydrogen-bond donors (Lipinski definition) is 0. The molecule has 9 heteroatoms. The third-order valence-corrected chi connectivity index (χ3v) is 8.01. The number of ether oxygens (including phenoxy) is 1. The summed E-state index contributed by atoms with van der Waals surface area (Å²) in [5, 5.41) is 9.78. The normalized spacial score (nSPS) is 15.0. The van der Waals surface area contributed by atoms with Gasteiger partial charge in [-0.05, 0) is 104 Å². The van der Waals surface area contributed by atoms with Crippen molar-refractivity contribution < 1.29 is 14.3 Å². The molecule has 0 unspecified atom stereocenters. The summed E-state index contributed by atoms with van der Waals surface area (Å²) in [6, 6.07) is 13.1. The number of anilines is 1. The SMILES string of the molecule is CC(=O)Sc1ccc(OCCCN2C(=S)N(c3ccc(C#N)c(I)c3C)C(=O)C2(C)C)cc1. The number of amides is 1. The molecule has 1 aliphatic heterocycles. The highest BCUT2D eigenvalue weighted by atomic mass is 127. The first kappa shape index (κ1) is 25.5. The number of rotatable bonds is 7. The van der Waals surface area contributed by atoms with Gasteiger partial charge in [0.05, 0.1) is 17.9 Å². The van der Waals surface area contributed by atoms with Gasteiger partial charge in [-0.2, -0.15) is 5.26 Å². The molecule has 0 spiro atoms. The lowest BCUT2D eigenvalue weighted by molar-refractivity contribution is -0.123. The van der Waals surface area contributed by atoms with Crippen molar-refractivity contribution in [1.29, 1.82) is 5.26 Å². The van der Waals surface area contributed by atoms with Crippen molar-refractivity contribution in [2.75, 3.05) is 18.1 Å². The fourth-order valence-corrected chi connectivity index (χ4v) is 5.29. The summed E-state index contributed by atoms with van der Waals surface area (Å²) in [4.78, 5) is 28.9. The van der Waals surface area contributed by atoms with Crippen LogP contribution in [0.3, 0.4) is 0 Å². The van der Waals surface area contributed by atoms with Crippen LogP contribution in [0.5, 0.6) is 5.75 Å². The van der Waals surface area contributed by atoms with Crippen LogP contribution >= 0.6 is 46.6 Å². The number of thiocarbonyl (C=S) groups is 1. The van der Waals surface area contributed by atoms with E-state index in [0.29, 0.717) is 35.9 Å². The van der Waals surface area contributed by atoms with Crippen LogP contribution < -0.4 is 9.64 Å². The molecule has 0 atom stereocenters. The van der Waals surface area contributed by atoms with E-state index < -0.39 is 5.54 Å². The van der Waals surface area contributed by atoms with Crippen molar-refractivity contribution in [2.45, 2.75) is 44.6 Å². The van der Waals surface area contributed by atoms with Crippen LogP contribution in [0.1, 0.15) is 38.3 Å². The second kappa shape index (κ2) is 10.4. The molecule has 2 aromatic carbocycles. The molecular formula is C24H24IN3O3S2. The quantitative estimate of drug-likeness (QED) is 0.187. The molecule has 0 aromatic heterocycles. The number of carbonyl (C=O) groups is 2. The summed E-state index contributed by atoms with van der Waals surface area (Å²) in [6.45, 7) is 8.22. The maximum atomic E-state index is 13.3. The smallest absolute Gasteiger partial charge is 0.258 e. The van der Waals surface area contributed by atoms with Gasteiger partial charge in [0.2, 0.25) is 0 Å². The molecule has 0 bridgehead atoms. The maximum Gasteiger partial charge on any atom is 0.258 e. The van der Waals surface area contributed by atoms with Crippen LogP contribution in [0.15, 0.2) is 41.3 Å². The van der Waals surface area contributed by atoms with E-state index in [4.69, 9.17) is 17.0 Å². The predicted molar refractivity (Wildman–Crippen MR) is 143 cm³/mol. The van der Waals surface area contributed by atoms with E-state index in [1.165, 1.54) is 18.7 Å². The van der Waals surface area contributed by atoms with E-state index in [9.17, 15) is 14.9 Å². The van der Waals surface area contributed by atoms with Crippen molar-refractivity contribution in [3.05, 3.63) is 51.1 Å². The summed E-state index contributed by atoms with van der Waals surface area (Å²) in [5.41, 5.74) is 1.37. The molecule has 0 radical (unpaired) electrons. The highest BCUT2D eigenvalue weighted by Crippen LogP contribution is 2.36. The minimum Gasteiger partial charge on any atom is -0.494 e. The van der Waals surface area contributed by atoms with E-state index in [1.807, 2.05) is 49.9 Å². The number of nitriles is 1. The first-order chi connectivity index (χ1) is 15.6. The van der Waals surface area contributed by atoms with Crippen LogP contribution in [0.4, 0.5) is 5.69 Å². The highest BCUT2D eigenvalue weighted by Gasteiger charge is 2.49. The van der Waals surface area contributed by atoms with E-state index in [-0.39, 0.29) is 11.0 Å². The van der Waals surface area contributed by atoms with Crippen LogP contribution in [0.2, 0.25) is 0 Å². The van der Waals surface area contributed by atoms with Crippen molar-refractivity contribution in [3.8, 4) is 11.8 Å². The van der Waals surface area contributed by atoms with Crippen molar-refractivity contribution in [2.24, 2.45) is 0 Å². The maximum absolute atomic E-state index is 13.3. The Bertz CT molecular complexity index is 1140. The summed E-state index contributed by atoms with van der Waals surface area (Å²) in [6.07, 6.45) is 0.679. The van der Waals surface area contributed by atoms with E-state index >= 15 is 0 Å². The second-order valence-electron chi connectivity index (χ2n) is 8.08. The van der Waals surface area contributed by atoms with Gasteiger partial charge in [0.25, 0.3) is 5.91 Å². The van der Waals surface area contributed by atoms with E-state index in [1.54, 1.807) is 17.0 Å². The van der Waals surface area contributed by atoms with E-state index in [0.717, 1.165) is 19.8 Å². The summed E-state index contributed by atoms with van der Waals surface area (Å²) in [5.74, 6) is 0.641. The minimum absolute atomic E-state index is 0.0439. The average Bonchev–Trinajstić information content (AvgIpc) is 2.93. The molecule has 6 nitrogen and oxygen atoms in total. The third-order valence-electron chi connectivity index (χ3n) is 5.42. The van der Waals surface area contributed by atoms with Gasteiger partial charge in [0.15, 0.2) is 10.2 Å². The Balaban J connectivity index is 1.66. The number of halogens is 1. The number of thioether (sulfide) groups is 1. The summed E-state index contributed by atoms with van der Waals surface area (Å²) < 4.78 is 6.65. The number of benzene rings is 2.